The summed E-state index contributed by atoms with van der Waals surface area (Å²) in [5, 5.41) is 2.79. The number of hydrogen-bond donors (Lipinski definition) is 1. The zero-order chi connectivity index (χ0) is 21.8. The van der Waals surface area contributed by atoms with Crippen molar-refractivity contribution in [3.63, 3.8) is 0 Å². The van der Waals surface area contributed by atoms with Crippen LogP contribution in [0.3, 0.4) is 0 Å². The minimum Gasteiger partial charge on any atom is -0.382 e. The quantitative estimate of drug-likeness (QED) is 0.481. The summed E-state index contributed by atoms with van der Waals surface area (Å²) < 4.78 is 10.2. The van der Waals surface area contributed by atoms with Gasteiger partial charge in [0.2, 0.25) is 5.91 Å². The molecule has 2 atom stereocenters. The highest BCUT2D eigenvalue weighted by Gasteiger charge is 2.27. The number of amides is 1. The average Bonchev–Trinajstić information content (AvgIpc) is 2.67. The van der Waals surface area contributed by atoms with E-state index < -0.39 is 12.0 Å². The second-order valence-corrected chi connectivity index (χ2v) is 7.81. The van der Waals surface area contributed by atoms with Crippen molar-refractivity contribution in [1.29, 1.82) is 0 Å². The van der Waals surface area contributed by atoms with Crippen molar-refractivity contribution >= 4 is 17.5 Å². The molecule has 0 aliphatic carbocycles. The lowest BCUT2D eigenvalue weighted by atomic mass is 9.88. The molecular formula is C23H35NO5. The van der Waals surface area contributed by atoms with Crippen LogP contribution in [-0.2, 0) is 30.3 Å². The van der Waals surface area contributed by atoms with Gasteiger partial charge in [0.1, 0.15) is 5.78 Å². The highest BCUT2D eigenvalue weighted by atomic mass is 16.5. The molecule has 0 aromatic heterocycles. The molecule has 0 aliphatic rings. The van der Waals surface area contributed by atoms with Gasteiger partial charge in [-0.05, 0) is 25.3 Å². The number of Topliss-reactive ketones (excluding diaryl/α,β-unsaturated/α-hetero) is 2. The normalized spacial score (nSPS) is 13.2. The first kappa shape index (κ1) is 25.0. The maximum atomic E-state index is 12.7. The summed E-state index contributed by atoms with van der Waals surface area (Å²) in [5.41, 5.74) is 2.06. The van der Waals surface area contributed by atoms with Crippen molar-refractivity contribution in [2.45, 2.75) is 53.0 Å². The van der Waals surface area contributed by atoms with Gasteiger partial charge in [0.05, 0.1) is 25.9 Å². The van der Waals surface area contributed by atoms with E-state index in [9.17, 15) is 14.4 Å². The molecule has 6 nitrogen and oxygen atoms in total. The molecule has 0 saturated carbocycles. The molecule has 1 rings (SSSR count). The third-order valence-corrected chi connectivity index (χ3v) is 4.89. The number of ether oxygens (including phenoxy) is 2. The SMILES string of the molecule is COCCOCCC(=O)C[C@H](C(=O)N[C@@H](C)C(=O)Cc1ccc(C)cc1)C(C)C. The molecule has 0 unspecified atom stereocenters. The van der Waals surface area contributed by atoms with Gasteiger partial charge in [0, 0.05) is 32.3 Å². The number of methoxy groups -OCH3 is 1. The fourth-order valence-electron chi connectivity index (χ4n) is 2.87. The number of aryl methyl sites for hydroxylation is 1. The largest absolute Gasteiger partial charge is 0.382 e. The van der Waals surface area contributed by atoms with Crippen molar-refractivity contribution in [2.24, 2.45) is 11.8 Å². The highest BCUT2D eigenvalue weighted by molar-refractivity contribution is 5.92. The number of hydrogen-bond acceptors (Lipinski definition) is 5. The van der Waals surface area contributed by atoms with Crippen molar-refractivity contribution in [2.75, 3.05) is 26.9 Å². The van der Waals surface area contributed by atoms with Crippen molar-refractivity contribution in [3.8, 4) is 0 Å². The fourth-order valence-corrected chi connectivity index (χ4v) is 2.87. The Hall–Kier alpha value is -2.05. The summed E-state index contributed by atoms with van der Waals surface area (Å²) in [6, 6.07) is 7.17. The second kappa shape index (κ2) is 13.2. The maximum Gasteiger partial charge on any atom is 0.224 e. The van der Waals surface area contributed by atoms with E-state index in [0.717, 1.165) is 11.1 Å². The van der Waals surface area contributed by atoms with Gasteiger partial charge in [-0.3, -0.25) is 14.4 Å². The number of ketones is 2. The van der Waals surface area contributed by atoms with Crippen LogP contribution in [0.25, 0.3) is 0 Å². The molecule has 0 heterocycles. The standard InChI is InChI=1S/C23H35NO5/c1-16(2)21(15-20(25)10-11-29-13-12-28-5)23(27)24-18(4)22(26)14-19-8-6-17(3)7-9-19/h6-9,16,18,21H,10-15H2,1-5H3,(H,24,27)/t18-,21-/m0/s1. The van der Waals surface area contributed by atoms with Gasteiger partial charge in [-0.1, -0.05) is 43.7 Å². The monoisotopic (exact) mass is 405 g/mol. The minimum atomic E-state index is -0.600. The van der Waals surface area contributed by atoms with Crippen molar-refractivity contribution in [1.82, 2.24) is 5.32 Å². The van der Waals surface area contributed by atoms with Crippen molar-refractivity contribution < 1.29 is 23.9 Å². The van der Waals surface area contributed by atoms with E-state index in [-0.39, 0.29) is 42.7 Å². The maximum absolute atomic E-state index is 12.7. The predicted octanol–water partition coefficient (Wildman–Crippen LogP) is 2.90. The molecule has 0 fully saturated rings. The minimum absolute atomic E-state index is 0.00670. The Morgan fingerprint density at radius 1 is 1.00 bits per heavy atom. The Labute approximate surface area is 174 Å². The van der Waals surface area contributed by atoms with Crippen LogP contribution in [0.1, 0.15) is 44.7 Å². The number of rotatable bonds is 14. The average molecular weight is 406 g/mol. The van der Waals surface area contributed by atoms with Gasteiger partial charge in [0.25, 0.3) is 0 Å². The summed E-state index contributed by atoms with van der Waals surface area (Å²) >= 11 is 0. The molecule has 0 bridgehead atoms. The van der Waals surface area contributed by atoms with Gasteiger partial charge >= 0.3 is 0 Å². The van der Waals surface area contributed by atoms with E-state index in [2.05, 4.69) is 5.32 Å². The first-order valence-corrected chi connectivity index (χ1v) is 10.2. The zero-order valence-electron chi connectivity index (χ0n) is 18.3. The third kappa shape index (κ3) is 9.81. The Kier molecular flexibility index (Phi) is 11.4. The summed E-state index contributed by atoms with van der Waals surface area (Å²) in [4.78, 5) is 37.4. The molecule has 6 heteroatoms. The first-order valence-electron chi connectivity index (χ1n) is 10.2. The fraction of sp³-hybridized carbons (Fsp3) is 0.609. The van der Waals surface area contributed by atoms with Gasteiger partial charge < -0.3 is 14.8 Å². The van der Waals surface area contributed by atoms with Gasteiger partial charge in [-0.15, -0.1) is 0 Å². The summed E-state index contributed by atoms with van der Waals surface area (Å²) in [6.07, 6.45) is 0.684. The van der Waals surface area contributed by atoms with Crippen LogP contribution >= 0.6 is 0 Å². The number of carbonyl (C=O) groups excluding carboxylic acids is 3. The summed E-state index contributed by atoms with van der Waals surface area (Å²) in [7, 11) is 1.59. The lowest BCUT2D eigenvalue weighted by Crippen LogP contribution is -2.44. The number of benzene rings is 1. The van der Waals surface area contributed by atoms with Crippen LogP contribution in [0.15, 0.2) is 24.3 Å². The summed E-state index contributed by atoms with van der Waals surface area (Å²) in [5.74, 6) is -0.792. The Morgan fingerprint density at radius 3 is 2.24 bits per heavy atom. The van der Waals surface area contributed by atoms with Crippen LogP contribution in [0.5, 0.6) is 0 Å². The second-order valence-electron chi connectivity index (χ2n) is 7.81. The molecule has 1 aromatic rings. The molecule has 1 N–H and O–H groups in total. The molecular weight excluding hydrogens is 370 g/mol. The molecule has 0 aliphatic heterocycles. The molecule has 162 valence electrons. The van der Waals surface area contributed by atoms with Gasteiger partial charge in [-0.25, -0.2) is 0 Å². The molecule has 1 aromatic carbocycles. The van der Waals surface area contributed by atoms with Crippen molar-refractivity contribution in [3.05, 3.63) is 35.4 Å². The highest BCUT2D eigenvalue weighted by Crippen LogP contribution is 2.17. The van der Waals surface area contributed by atoms with Crippen LogP contribution in [0.2, 0.25) is 0 Å². The zero-order valence-corrected chi connectivity index (χ0v) is 18.3. The van der Waals surface area contributed by atoms with E-state index in [1.54, 1.807) is 14.0 Å². The number of carbonyl (C=O) groups is 3. The third-order valence-electron chi connectivity index (χ3n) is 4.89. The first-order chi connectivity index (χ1) is 13.7. The van der Waals surface area contributed by atoms with Crippen LogP contribution in [-0.4, -0.2) is 50.4 Å². The van der Waals surface area contributed by atoms with Crippen LogP contribution in [0, 0.1) is 18.8 Å². The molecule has 1 amide bonds. The lowest BCUT2D eigenvalue weighted by molar-refractivity contribution is -0.133. The Bertz CT molecular complexity index is 654. The van der Waals surface area contributed by atoms with E-state index in [1.165, 1.54) is 0 Å². The Morgan fingerprint density at radius 2 is 1.66 bits per heavy atom. The van der Waals surface area contributed by atoms with Crippen LogP contribution in [0.4, 0.5) is 0 Å². The summed E-state index contributed by atoms with van der Waals surface area (Å²) in [6.45, 7) is 8.75. The van der Waals surface area contributed by atoms with E-state index in [0.29, 0.717) is 19.8 Å². The van der Waals surface area contributed by atoms with Gasteiger partial charge in [-0.2, -0.15) is 0 Å². The predicted molar refractivity (Wildman–Crippen MR) is 113 cm³/mol. The Balaban J connectivity index is 2.52. The van der Waals surface area contributed by atoms with E-state index >= 15 is 0 Å². The van der Waals surface area contributed by atoms with Crippen LogP contribution < -0.4 is 5.32 Å². The smallest absolute Gasteiger partial charge is 0.224 e. The molecule has 0 spiro atoms. The molecule has 0 saturated heterocycles. The van der Waals surface area contributed by atoms with E-state index in [1.807, 2.05) is 45.0 Å². The van der Waals surface area contributed by atoms with E-state index in [4.69, 9.17) is 9.47 Å². The topological polar surface area (TPSA) is 81.7 Å². The number of nitrogens with one attached hydrogen (secondary N) is 1. The lowest BCUT2D eigenvalue weighted by Gasteiger charge is -2.22. The molecule has 29 heavy (non-hydrogen) atoms. The molecule has 0 radical (unpaired) electrons. The van der Waals surface area contributed by atoms with Gasteiger partial charge in [0.15, 0.2) is 5.78 Å².